The third-order valence-electron chi connectivity index (χ3n) is 22.1. The average Bonchev–Trinajstić information content (AvgIpc) is 1.54. The number of hydrogen-bond donors (Lipinski definition) is 7. The Labute approximate surface area is 709 Å². The molecule has 1 aliphatic carbocycles. The molecule has 3 aromatic heterocycles. The number of aliphatic hydroxyl groups is 1. The number of carbonyl (C=O) groups is 5. The van der Waals surface area contributed by atoms with Crippen LogP contribution in [0.25, 0.3) is 11.4 Å². The van der Waals surface area contributed by atoms with Crippen molar-refractivity contribution in [2.75, 3.05) is 36.9 Å². The Kier molecular flexibility index (Phi) is 25.9. The Morgan fingerprint density at radius 1 is 0.703 bits per heavy atom. The molecule has 7 heterocycles. The molecule has 14 rings (SSSR count). The number of nitrogens with one attached hydrogen (secondary N) is 5. The Hall–Kier alpha value is -9.79. The molecule has 9 aromatic rings. The number of benzene rings is 6. The first-order valence-corrected chi connectivity index (χ1v) is 40.2. The van der Waals surface area contributed by atoms with E-state index in [4.69, 9.17) is 88.8 Å². The van der Waals surface area contributed by atoms with Crippen LogP contribution in [-0.4, -0.2) is 122 Å². The SMILES string of the molecule is CC(C)(C)C[C@@H]1NC(C(=O)NC2CCC(O)CC2)[C@H](c2cccc(Cl)c2F)[C@]12C(=O)Nc1cc(Cl)ccc12.COc1cc(C(=O)O)ccc1NC(=O)[C@@H]1N[C@@H](CC(C)(C)C)[C@](C#N)(c2ccc(Cl)cc2F)[C@H]1c1cccc(Cl)c1F.COc1ncc(-c2nc3c(n2C(C)C)[C@H](c2ccc(Cl)cc2)N(c2c(Cl)ccn(C)c2=O)C3=O)c(OC)n1. The van der Waals surface area contributed by atoms with E-state index in [-0.39, 0.29) is 112 Å². The fourth-order valence-electron chi connectivity index (χ4n) is 17.0. The summed E-state index contributed by atoms with van der Waals surface area (Å²) in [6.07, 6.45) is 6.16. The number of anilines is 3. The molecule has 32 heteroatoms. The number of aromatic nitrogens is 5. The van der Waals surface area contributed by atoms with Crippen molar-refractivity contribution in [1.82, 2.24) is 40.0 Å². The summed E-state index contributed by atoms with van der Waals surface area (Å²) in [5.41, 5.74) is -0.516. The van der Waals surface area contributed by atoms with E-state index in [1.165, 1.54) is 85.4 Å². The van der Waals surface area contributed by atoms with Crippen molar-refractivity contribution in [2.24, 2.45) is 17.9 Å². The molecule has 6 aromatic carbocycles. The lowest BCUT2D eigenvalue weighted by Gasteiger charge is -2.38. The number of carboxylic acids is 1. The zero-order chi connectivity index (χ0) is 85.7. The first kappa shape index (κ1) is 87.5. The van der Waals surface area contributed by atoms with Crippen molar-refractivity contribution in [3.05, 3.63) is 236 Å². The van der Waals surface area contributed by atoms with Gasteiger partial charge in [-0.25, -0.2) is 27.9 Å². The van der Waals surface area contributed by atoms with Crippen molar-refractivity contribution in [3.63, 3.8) is 0 Å². The van der Waals surface area contributed by atoms with E-state index in [1.54, 1.807) is 61.9 Å². The van der Waals surface area contributed by atoms with Crippen LogP contribution in [0.2, 0.25) is 30.1 Å². The molecule has 3 fully saturated rings. The molecule has 4 aliphatic heterocycles. The smallest absolute Gasteiger partial charge is 0.335 e. The largest absolute Gasteiger partial charge is 0.495 e. The van der Waals surface area contributed by atoms with Gasteiger partial charge in [-0.2, -0.15) is 10.2 Å². The lowest BCUT2D eigenvalue weighted by Crippen LogP contribution is -2.50. The van der Waals surface area contributed by atoms with Gasteiger partial charge < -0.3 is 60.1 Å². The molecule has 0 bridgehead atoms. The summed E-state index contributed by atoms with van der Waals surface area (Å²) in [6, 6.07) is 28.8. The van der Waals surface area contributed by atoms with Crippen molar-refractivity contribution in [1.29, 1.82) is 5.26 Å². The van der Waals surface area contributed by atoms with Gasteiger partial charge in [0.2, 0.25) is 23.6 Å². The summed E-state index contributed by atoms with van der Waals surface area (Å²) in [7, 11) is 5.87. The standard InChI is InChI=1S/C31H29Cl2F2N3O4.C29H34Cl2FN3O3.C26H24Cl2N6O4/c1-30(2,3)14-24-31(15-36,19-10-9-17(32)13-21(19)34)25(18-6-5-7-20(33)26(18)35)27(38-24)28(39)37-22-11-8-16(29(40)41)12-23(22)42-4;1-28(2,3)14-22-29(19-12-7-15(30)13-21(19)34-27(29)38)23(18-5-4-6-20(31)24(18)32)25(35-22)26(37)33-16-8-10-17(36)11-9-16;1-13(2)33-21-18(30-22(33)16-12-29-26(38-5)31-23(16)37-4)24(35)34(19(21)14-6-8-15(27)9-7-14)20-17(28)10-11-32(3)25(20)36/h5-13,24-25,27,38H,14H2,1-4H3,(H,37,39)(H,40,41);4-7,12-13,16-17,22-23,25,35-36H,8-11,14H2,1-3H3,(H,33,37)(H,34,38);6-13,19H,1-5H3/t24-,25-,27+,31-;16?,17?,22-,23-,25?,29+;19-/m000/s1. The lowest BCUT2D eigenvalue weighted by atomic mass is 9.62. The zero-order valence-electron chi connectivity index (χ0n) is 66.3. The van der Waals surface area contributed by atoms with Crippen LogP contribution in [0.15, 0.2) is 139 Å². The summed E-state index contributed by atoms with van der Waals surface area (Å²) >= 11 is 37.5. The first-order chi connectivity index (χ1) is 55.8. The fourth-order valence-corrected chi connectivity index (χ4v) is 18.1. The molecule has 1 spiro atoms. The number of aryl methyl sites for hydroxylation is 1. The number of hydrogen-bond acceptors (Lipinski definition) is 16. The highest BCUT2D eigenvalue weighted by atomic mass is 35.5. The van der Waals surface area contributed by atoms with E-state index in [9.17, 15) is 44.2 Å². The maximum absolute atomic E-state index is 15.8. The molecular weight excluding hydrogens is 1650 g/mol. The Balaban J connectivity index is 0.000000163. The van der Waals surface area contributed by atoms with Gasteiger partial charge in [0.05, 0.1) is 83.2 Å². The first-order valence-electron chi connectivity index (χ1n) is 37.9. The van der Waals surface area contributed by atoms with Gasteiger partial charge in [-0.05, 0) is 158 Å². The molecule has 4 amide bonds. The van der Waals surface area contributed by atoms with Gasteiger partial charge in [0.1, 0.15) is 51.6 Å². The average molecular weight is 1730 g/mol. The van der Waals surface area contributed by atoms with Gasteiger partial charge in [-0.1, -0.05) is 160 Å². The number of rotatable bonds is 17. The number of carbonyl (C=O) groups excluding carboxylic acids is 4. The zero-order valence-corrected chi connectivity index (χ0v) is 70.9. The quantitative estimate of drug-likeness (QED) is 0.0445. The second-order valence-corrected chi connectivity index (χ2v) is 35.0. The molecule has 0 radical (unpaired) electrons. The Morgan fingerprint density at radius 3 is 1.88 bits per heavy atom. The van der Waals surface area contributed by atoms with Crippen LogP contribution in [0.5, 0.6) is 17.6 Å². The second-order valence-electron chi connectivity index (χ2n) is 32.5. The van der Waals surface area contributed by atoms with Crippen LogP contribution in [0.3, 0.4) is 0 Å². The molecule has 1 unspecified atom stereocenters. The minimum Gasteiger partial charge on any atom is -0.495 e. The monoisotopic (exact) mass is 1730 g/mol. The topological polar surface area (TPSA) is 306 Å². The summed E-state index contributed by atoms with van der Waals surface area (Å²) < 4.78 is 66.6. The number of imidazole rings is 1. The molecule has 23 nitrogen and oxygen atoms in total. The molecule has 620 valence electrons. The minimum absolute atomic E-state index is 0.0424. The van der Waals surface area contributed by atoms with Gasteiger partial charge in [-0.3, -0.25) is 28.9 Å². The number of halogens is 9. The molecule has 5 aliphatic rings. The van der Waals surface area contributed by atoms with Crippen molar-refractivity contribution >= 4 is 116 Å². The van der Waals surface area contributed by atoms with Gasteiger partial charge in [0, 0.05) is 81.8 Å². The van der Waals surface area contributed by atoms with Crippen LogP contribution < -0.4 is 51.3 Å². The number of fused-ring (bicyclic) bond motifs is 3. The highest BCUT2D eigenvalue weighted by Crippen LogP contribution is 2.59. The maximum atomic E-state index is 15.8. The molecule has 2 saturated heterocycles. The molecule has 118 heavy (non-hydrogen) atoms. The number of methoxy groups -OCH3 is 3. The minimum atomic E-state index is -1.78. The van der Waals surface area contributed by atoms with Crippen LogP contribution in [0, 0.1) is 39.6 Å². The van der Waals surface area contributed by atoms with Gasteiger partial charge >= 0.3 is 12.0 Å². The van der Waals surface area contributed by atoms with Crippen LogP contribution in [-0.2, 0) is 32.3 Å². The highest BCUT2D eigenvalue weighted by Gasteiger charge is 2.67. The van der Waals surface area contributed by atoms with E-state index in [0.717, 1.165) is 11.6 Å². The summed E-state index contributed by atoms with van der Waals surface area (Å²) in [6.45, 7) is 16.0. The number of pyridine rings is 1. The van der Waals surface area contributed by atoms with Gasteiger partial charge in [-0.15, -0.1) is 0 Å². The number of carboxylic acid groups (broad SMARTS) is 1. The predicted octanol–water partition coefficient (Wildman–Crippen LogP) is 16.9. The van der Waals surface area contributed by atoms with Crippen molar-refractivity contribution in [2.45, 2.75) is 165 Å². The molecule has 9 atom stereocenters. The van der Waals surface area contributed by atoms with Crippen LogP contribution >= 0.6 is 69.6 Å². The normalized spacial score (nSPS) is 22.5. The number of aliphatic hydroxyl groups excluding tert-OH is 1. The Bertz CT molecular complexity index is 5520. The van der Waals surface area contributed by atoms with Crippen molar-refractivity contribution < 1.29 is 61.6 Å². The summed E-state index contributed by atoms with van der Waals surface area (Å²) in [5, 5.41) is 46.7. The van der Waals surface area contributed by atoms with E-state index < -0.39 is 99.1 Å². The fraction of sp³-hybridized carbons (Fsp3) is 0.372. The van der Waals surface area contributed by atoms with E-state index in [0.29, 0.717) is 76.9 Å². The summed E-state index contributed by atoms with van der Waals surface area (Å²) in [5.74, 6) is -6.50. The predicted molar refractivity (Wildman–Crippen MR) is 447 cm³/mol. The number of ether oxygens (including phenoxy) is 3. The van der Waals surface area contributed by atoms with Crippen LogP contribution in [0.4, 0.5) is 30.2 Å². The lowest BCUT2D eigenvalue weighted by molar-refractivity contribution is -0.125. The number of nitrogens with zero attached hydrogens (tertiary/aromatic N) is 7. The van der Waals surface area contributed by atoms with Crippen LogP contribution in [0.1, 0.15) is 172 Å². The number of nitriles is 1. The highest BCUT2D eigenvalue weighted by molar-refractivity contribution is 6.34. The molecule has 1 saturated carbocycles. The molecular formula is C86H87Cl6F3N12O11. The number of aromatic carboxylic acids is 1. The third kappa shape index (κ3) is 16.8. The maximum Gasteiger partial charge on any atom is 0.335 e. The van der Waals surface area contributed by atoms with Gasteiger partial charge in [0.15, 0.2) is 5.69 Å². The summed E-state index contributed by atoms with van der Waals surface area (Å²) in [4.78, 5) is 95.6. The van der Waals surface area contributed by atoms with Crippen molar-refractivity contribution in [3.8, 4) is 35.1 Å². The molecule has 7 N–H and O–H groups in total. The van der Waals surface area contributed by atoms with E-state index in [2.05, 4.69) is 63.4 Å². The second kappa shape index (κ2) is 34.9. The van der Waals surface area contributed by atoms with Gasteiger partial charge in [0.25, 0.3) is 11.5 Å². The van der Waals surface area contributed by atoms with E-state index >= 15 is 13.2 Å². The number of amides is 4. The Morgan fingerprint density at radius 2 is 1.30 bits per heavy atom. The third-order valence-corrected chi connectivity index (χ3v) is 23.7. The van der Waals surface area contributed by atoms with E-state index in [1.807, 2.05) is 57.4 Å².